The van der Waals surface area contributed by atoms with Crippen LogP contribution in [0.1, 0.15) is 75.5 Å². The fourth-order valence-electron chi connectivity index (χ4n) is 8.14. The average molecular weight is 666 g/mol. The van der Waals surface area contributed by atoms with Crippen molar-refractivity contribution in [2.45, 2.75) is 96.5 Å². The minimum atomic E-state index is -0.978. The van der Waals surface area contributed by atoms with Crippen molar-refractivity contribution in [3.63, 3.8) is 0 Å². The first-order valence-corrected chi connectivity index (χ1v) is 17.5. The Morgan fingerprint density at radius 2 is 1.47 bits per heavy atom. The molecule has 2 aromatic carbocycles. The molecule has 258 valence electrons. The Balaban J connectivity index is 1.22. The van der Waals surface area contributed by atoms with Gasteiger partial charge in [0.2, 0.25) is 11.8 Å². The highest BCUT2D eigenvalue weighted by Crippen LogP contribution is 2.65. The number of hydrogen-bond donors (Lipinski definition) is 3. The van der Waals surface area contributed by atoms with E-state index in [0.29, 0.717) is 18.3 Å². The Kier molecular flexibility index (Phi) is 10.2. The molecule has 1 unspecified atom stereocenters. The average Bonchev–Trinajstić information content (AvgIpc) is 3.45. The Bertz CT molecular complexity index is 1610. The Hall–Kier alpha value is -4.09. The van der Waals surface area contributed by atoms with Gasteiger partial charge in [-0.25, -0.2) is 4.98 Å². The van der Waals surface area contributed by atoms with Crippen molar-refractivity contribution in [2.24, 2.45) is 23.2 Å². The first-order valence-electron chi connectivity index (χ1n) is 17.5. The Morgan fingerprint density at radius 3 is 2.04 bits per heavy atom. The summed E-state index contributed by atoms with van der Waals surface area (Å²) in [6.07, 6.45) is 7.45. The van der Waals surface area contributed by atoms with Gasteiger partial charge in [-0.3, -0.25) is 19.4 Å². The molecule has 3 saturated carbocycles. The van der Waals surface area contributed by atoms with Crippen LogP contribution in [-0.4, -0.2) is 64.5 Å². The van der Waals surface area contributed by atoms with Crippen LogP contribution < -0.4 is 16.0 Å². The number of amides is 3. The van der Waals surface area contributed by atoms with Crippen molar-refractivity contribution in [1.82, 2.24) is 25.9 Å². The lowest BCUT2D eigenvalue weighted by Gasteiger charge is -2.64. The third-order valence-corrected chi connectivity index (χ3v) is 11.0. The number of aromatic nitrogens is 2. The molecule has 3 amide bonds. The van der Waals surface area contributed by atoms with Crippen LogP contribution in [0.2, 0.25) is 0 Å². The molecule has 3 aliphatic carbocycles. The monoisotopic (exact) mass is 665 g/mol. The minimum absolute atomic E-state index is 0.0164. The fourth-order valence-corrected chi connectivity index (χ4v) is 8.14. The van der Waals surface area contributed by atoms with Crippen molar-refractivity contribution in [1.29, 1.82) is 0 Å². The molecular weight excluding hydrogens is 617 g/mol. The van der Waals surface area contributed by atoms with Crippen molar-refractivity contribution in [2.75, 3.05) is 0 Å². The second-order valence-corrected chi connectivity index (χ2v) is 15.1. The van der Waals surface area contributed by atoms with E-state index in [1.54, 1.807) is 0 Å². The topological polar surface area (TPSA) is 132 Å². The van der Waals surface area contributed by atoms with Crippen molar-refractivity contribution < 1.29 is 23.7 Å². The first kappa shape index (κ1) is 34.8. The zero-order valence-electron chi connectivity index (χ0n) is 29.1. The predicted molar refractivity (Wildman–Crippen MR) is 187 cm³/mol. The molecule has 4 aliphatic rings. The summed E-state index contributed by atoms with van der Waals surface area (Å²) in [7, 11) is -0.596. The highest BCUT2D eigenvalue weighted by molar-refractivity contribution is 6.48. The number of nitrogens with one attached hydrogen (secondary N) is 3. The van der Waals surface area contributed by atoms with Gasteiger partial charge in [0.15, 0.2) is 0 Å². The van der Waals surface area contributed by atoms with E-state index in [0.717, 1.165) is 24.0 Å². The van der Waals surface area contributed by atoms with E-state index in [2.05, 4.69) is 60.5 Å². The smallest absolute Gasteiger partial charge is 0.404 e. The van der Waals surface area contributed by atoms with Gasteiger partial charge in [0.1, 0.15) is 17.8 Å². The number of benzene rings is 2. The van der Waals surface area contributed by atoms with E-state index in [9.17, 15) is 14.4 Å². The van der Waals surface area contributed by atoms with E-state index in [4.69, 9.17) is 9.31 Å². The maximum absolute atomic E-state index is 14.3. The van der Waals surface area contributed by atoms with Crippen LogP contribution in [0, 0.1) is 23.2 Å². The number of rotatable bonds is 13. The Labute approximate surface area is 289 Å². The van der Waals surface area contributed by atoms with Gasteiger partial charge in [-0.1, -0.05) is 88.4 Å². The summed E-state index contributed by atoms with van der Waals surface area (Å²) in [6, 6.07) is 17.1. The van der Waals surface area contributed by atoms with E-state index < -0.39 is 42.6 Å². The SMILES string of the molecule is CC(C)C[C@H](NC(=O)[C@H](Cc1ccccc1)NC(=O)[C@H](Cc1ccccc1)NC(=O)c1cnccn1)B1O[C@@H]2C[C@@H]3CC(C3(C)C)[C@]2(C)O1. The van der Waals surface area contributed by atoms with Crippen LogP contribution in [0.4, 0.5) is 0 Å². The van der Waals surface area contributed by atoms with Crippen molar-refractivity contribution in [3.05, 3.63) is 96.1 Å². The lowest BCUT2D eigenvalue weighted by molar-refractivity contribution is -0.199. The number of carbonyl (C=O) groups is 3. The molecule has 0 spiro atoms. The van der Waals surface area contributed by atoms with Crippen LogP contribution in [0.25, 0.3) is 0 Å². The summed E-state index contributed by atoms with van der Waals surface area (Å²) < 4.78 is 13.4. The van der Waals surface area contributed by atoms with E-state index >= 15 is 0 Å². The lowest BCUT2D eigenvalue weighted by Crippen LogP contribution is -2.65. The third-order valence-electron chi connectivity index (χ3n) is 11.0. The lowest BCUT2D eigenvalue weighted by atomic mass is 9.43. The molecule has 1 aliphatic heterocycles. The molecule has 2 heterocycles. The second kappa shape index (κ2) is 14.4. The largest absolute Gasteiger partial charge is 0.481 e. The standard InChI is InChI=1S/C38H48BN5O5/c1-24(2)18-33(39-48-32-22-27-21-31(37(27,3)4)38(32,5)49-39)44-35(46)29(20-26-14-10-7-11-15-26)42-34(45)28(19-25-12-8-6-9-13-25)43-36(47)30-23-40-16-17-41-30/h6-17,23-24,27-29,31-33H,18-22H2,1-5H3,(H,42,45)(H,43,47)(H,44,46)/t27-,28-,29-,31?,32+,33-,38-/m0/s1. The summed E-state index contributed by atoms with van der Waals surface area (Å²) in [5.74, 6) is -0.497. The second-order valence-electron chi connectivity index (χ2n) is 15.1. The molecule has 3 aromatic rings. The van der Waals surface area contributed by atoms with Gasteiger partial charge in [-0.15, -0.1) is 0 Å². The van der Waals surface area contributed by atoms with Crippen molar-refractivity contribution >= 4 is 24.8 Å². The van der Waals surface area contributed by atoms with E-state index in [1.165, 1.54) is 18.6 Å². The number of carbonyl (C=O) groups excluding carboxylic acids is 3. The molecule has 2 bridgehead atoms. The van der Waals surface area contributed by atoms with Crippen LogP contribution >= 0.6 is 0 Å². The van der Waals surface area contributed by atoms with Gasteiger partial charge < -0.3 is 25.3 Å². The van der Waals surface area contributed by atoms with Gasteiger partial charge in [0.05, 0.1) is 23.8 Å². The van der Waals surface area contributed by atoms with Gasteiger partial charge in [0, 0.05) is 25.2 Å². The quantitative estimate of drug-likeness (QED) is 0.232. The zero-order valence-corrected chi connectivity index (χ0v) is 29.1. The molecule has 11 heteroatoms. The van der Waals surface area contributed by atoms with Crippen molar-refractivity contribution in [3.8, 4) is 0 Å². The van der Waals surface area contributed by atoms with Gasteiger partial charge in [-0.05, 0) is 60.5 Å². The van der Waals surface area contributed by atoms with Crippen LogP contribution in [0.5, 0.6) is 0 Å². The summed E-state index contributed by atoms with van der Waals surface area (Å²) in [4.78, 5) is 49.6. The van der Waals surface area contributed by atoms with Crippen LogP contribution in [0.3, 0.4) is 0 Å². The molecule has 0 radical (unpaired) electrons. The van der Waals surface area contributed by atoms with Gasteiger partial charge in [-0.2, -0.15) is 0 Å². The molecule has 1 aromatic heterocycles. The number of nitrogens with zero attached hydrogens (tertiary/aromatic N) is 2. The zero-order chi connectivity index (χ0) is 34.8. The summed E-state index contributed by atoms with van der Waals surface area (Å²) >= 11 is 0. The first-order chi connectivity index (χ1) is 23.4. The Morgan fingerprint density at radius 1 is 0.857 bits per heavy atom. The van der Waals surface area contributed by atoms with Crippen LogP contribution in [-0.2, 0) is 31.7 Å². The molecule has 7 rings (SSSR count). The van der Waals surface area contributed by atoms with Crippen LogP contribution in [0.15, 0.2) is 79.3 Å². The summed E-state index contributed by atoms with van der Waals surface area (Å²) in [5.41, 5.74) is 1.63. The molecule has 10 nitrogen and oxygen atoms in total. The summed E-state index contributed by atoms with van der Waals surface area (Å²) in [6.45, 7) is 11.1. The predicted octanol–water partition coefficient (Wildman–Crippen LogP) is 4.34. The van der Waals surface area contributed by atoms with E-state index in [1.807, 2.05) is 60.7 Å². The normalized spacial score (nSPS) is 25.3. The number of hydrogen-bond acceptors (Lipinski definition) is 7. The molecular formula is C38H48BN5O5. The van der Waals surface area contributed by atoms with Gasteiger partial charge >= 0.3 is 7.12 Å². The fraction of sp³-hybridized carbons (Fsp3) is 0.500. The summed E-state index contributed by atoms with van der Waals surface area (Å²) in [5, 5.41) is 9.05. The minimum Gasteiger partial charge on any atom is -0.404 e. The maximum Gasteiger partial charge on any atom is 0.481 e. The molecule has 49 heavy (non-hydrogen) atoms. The third kappa shape index (κ3) is 7.58. The van der Waals surface area contributed by atoms with E-state index in [-0.39, 0.29) is 41.9 Å². The molecule has 4 fully saturated rings. The maximum atomic E-state index is 14.3. The highest BCUT2D eigenvalue weighted by Gasteiger charge is 2.68. The molecule has 3 N–H and O–H groups in total. The molecule has 1 saturated heterocycles. The van der Waals surface area contributed by atoms with Gasteiger partial charge in [0.25, 0.3) is 5.91 Å². The highest BCUT2D eigenvalue weighted by atomic mass is 16.7. The molecule has 7 atom stereocenters.